The molecular weight excluding hydrogens is 386 g/mol. The molecule has 1 N–H and O–H groups in total. The van der Waals surface area contributed by atoms with E-state index >= 15 is 0 Å². The van der Waals surface area contributed by atoms with Crippen LogP contribution in [0.2, 0.25) is 0 Å². The number of hydrogen-bond acceptors (Lipinski definition) is 7. The molecule has 3 aliphatic heterocycles. The third-order valence-electron chi connectivity index (χ3n) is 6.04. The normalized spacial score (nSPS) is 23.3. The molecule has 1 fully saturated rings. The third kappa shape index (κ3) is 3.00. The summed E-state index contributed by atoms with van der Waals surface area (Å²) < 4.78 is 5.23. The predicted molar refractivity (Wildman–Crippen MR) is 110 cm³/mol. The Morgan fingerprint density at radius 3 is 2.43 bits per heavy atom. The van der Waals surface area contributed by atoms with Crippen molar-refractivity contribution in [2.45, 2.75) is 39.0 Å². The molecule has 0 saturated carbocycles. The lowest BCUT2D eigenvalue weighted by atomic mass is 10.1. The Morgan fingerprint density at radius 2 is 1.80 bits per heavy atom. The number of guanidine groups is 1. The zero-order chi connectivity index (χ0) is 21.6. The van der Waals surface area contributed by atoms with E-state index in [9.17, 15) is 9.59 Å². The van der Waals surface area contributed by atoms with Crippen LogP contribution >= 0.6 is 0 Å². The lowest BCUT2D eigenvalue weighted by molar-refractivity contribution is -0.137. The minimum atomic E-state index is -0.586. The number of rotatable bonds is 6. The maximum Gasteiger partial charge on any atom is 0.328 e. The molecule has 3 heterocycles. The maximum absolute atomic E-state index is 13.2. The van der Waals surface area contributed by atoms with Crippen LogP contribution in [0.3, 0.4) is 0 Å². The van der Waals surface area contributed by atoms with E-state index in [1.165, 1.54) is 9.80 Å². The highest BCUT2D eigenvalue weighted by molar-refractivity contribution is 6.05. The molecule has 3 aliphatic rings. The number of urea groups is 1. The Kier molecular flexibility index (Phi) is 5.15. The van der Waals surface area contributed by atoms with E-state index in [4.69, 9.17) is 14.8 Å². The van der Waals surface area contributed by atoms with Gasteiger partial charge in [-0.1, -0.05) is 12.1 Å². The number of methoxy groups -OCH3 is 1. The Labute approximate surface area is 175 Å². The fraction of sp³-hybridized carbons (Fsp3) is 0.476. The highest BCUT2D eigenvalue weighted by Gasteiger charge is 2.55. The lowest BCUT2D eigenvalue weighted by Gasteiger charge is -2.40. The van der Waals surface area contributed by atoms with Crippen LogP contribution in [0.25, 0.3) is 0 Å². The van der Waals surface area contributed by atoms with Gasteiger partial charge in [0.15, 0.2) is 12.2 Å². The number of ether oxygens (including phenoxy) is 1. The number of aliphatic hydroxyl groups excluding tert-OH is 1. The number of aliphatic hydroxyl groups is 1. The number of hydrogen-bond donors (Lipinski definition) is 1. The van der Waals surface area contributed by atoms with Gasteiger partial charge >= 0.3 is 6.03 Å². The van der Waals surface area contributed by atoms with Crippen LogP contribution in [-0.2, 0) is 11.3 Å². The Hall–Kier alpha value is -3.07. The third-order valence-corrected chi connectivity index (χ3v) is 6.04. The molecule has 2 unspecified atom stereocenters. The lowest BCUT2D eigenvalue weighted by Crippen LogP contribution is -2.64. The molecule has 9 nitrogen and oxygen atoms in total. The summed E-state index contributed by atoms with van der Waals surface area (Å²) in [5, 5.41) is 9.14. The summed E-state index contributed by atoms with van der Waals surface area (Å²) in [5.41, 5.74) is 3.06. The molecule has 1 aromatic rings. The molecule has 9 heteroatoms. The first-order valence-electron chi connectivity index (χ1n) is 10.0. The number of amides is 3. The number of imide groups is 1. The standard InChI is InChI=1S/C21H27N5O4/c1-13-14(2)26-17-18(23(3)21(29)24(19(17)28)10-5-11-27)22-20(26)25(13)12-15-6-8-16(30-4)9-7-15/h6-9,17-18,27H,5,10-12H2,1-4H3. The Bertz CT molecular complexity index is 926. The van der Waals surface area contributed by atoms with Gasteiger partial charge in [0.2, 0.25) is 5.96 Å². The van der Waals surface area contributed by atoms with Gasteiger partial charge < -0.3 is 19.6 Å². The van der Waals surface area contributed by atoms with E-state index in [1.807, 2.05) is 43.0 Å². The summed E-state index contributed by atoms with van der Waals surface area (Å²) >= 11 is 0. The Balaban J connectivity index is 1.63. The summed E-state index contributed by atoms with van der Waals surface area (Å²) in [7, 11) is 3.31. The van der Waals surface area contributed by atoms with Gasteiger partial charge in [0.05, 0.1) is 13.7 Å². The van der Waals surface area contributed by atoms with Crippen molar-refractivity contribution in [2.75, 3.05) is 27.3 Å². The van der Waals surface area contributed by atoms with E-state index in [0.29, 0.717) is 18.9 Å². The molecule has 1 aromatic carbocycles. The van der Waals surface area contributed by atoms with Crippen LogP contribution in [-0.4, -0.2) is 82.1 Å². The number of nitrogens with zero attached hydrogens (tertiary/aromatic N) is 5. The Morgan fingerprint density at radius 1 is 1.10 bits per heavy atom. The molecular formula is C21H27N5O4. The second-order valence-corrected chi connectivity index (χ2v) is 7.72. The average molecular weight is 413 g/mol. The summed E-state index contributed by atoms with van der Waals surface area (Å²) in [4.78, 5) is 37.5. The molecule has 160 valence electrons. The van der Waals surface area contributed by atoms with Crippen LogP contribution in [0.1, 0.15) is 25.8 Å². The second-order valence-electron chi connectivity index (χ2n) is 7.72. The molecule has 2 atom stereocenters. The monoisotopic (exact) mass is 413 g/mol. The fourth-order valence-electron chi connectivity index (χ4n) is 4.22. The number of benzene rings is 1. The second kappa shape index (κ2) is 7.64. The van der Waals surface area contributed by atoms with E-state index < -0.39 is 12.2 Å². The summed E-state index contributed by atoms with van der Waals surface area (Å²) in [6, 6.07) is 6.88. The highest BCUT2D eigenvalue weighted by Crippen LogP contribution is 2.38. The number of allylic oxidation sites excluding steroid dienone is 2. The number of carbonyl (C=O) groups excluding carboxylic acids is 2. The smallest absolute Gasteiger partial charge is 0.328 e. The van der Waals surface area contributed by atoms with Gasteiger partial charge in [0.1, 0.15) is 5.75 Å². The van der Waals surface area contributed by atoms with Crippen LogP contribution in [0.15, 0.2) is 40.7 Å². The van der Waals surface area contributed by atoms with Gasteiger partial charge in [0.25, 0.3) is 5.91 Å². The van der Waals surface area contributed by atoms with Crippen molar-refractivity contribution in [1.29, 1.82) is 0 Å². The first kappa shape index (κ1) is 20.2. The van der Waals surface area contributed by atoms with Gasteiger partial charge in [-0.05, 0) is 38.0 Å². The van der Waals surface area contributed by atoms with Crippen molar-refractivity contribution < 1.29 is 19.4 Å². The molecule has 0 spiro atoms. The molecule has 3 amide bonds. The van der Waals surface area contributed by atoms with Crippen molar-refractivity contribution in [1.82, 2.24) is 19.6 Å². The van der Waals surface area contributed by atoms with Gasteiger partial charge in [-0.2, -0.15) is 0 Å². The molecule has 0 radical (unpaired) electrons. The first-order chi connectivity index (χ1) is 14.4. The number of fused-ring (bicyclic) bond motifs is 3. The van der Waals surface area contributed by atoms with Gasteiger partial charge in [-0.15, -0.1) is 0 Å². The van der Waals surface area contributed by atoms with Crippen LogP contribution in [0.5, 0.6) is 5.75 Å². The highest BCUT2D eigenvalue weighted by atomic mass is 16.5. The maximum atomic E-state index is 13.2. The fourth-order valence-corrected chi connectivity index (χ4v) is 4.22. The van der Waals surface area contributed by atoms with E-state index in [1.54, 1.807) is 14.2 Å². The molecule has 0 aliphatic carbocycles. The molecule has 1 saturated heterocycles. The summed E-state index contributed by atoms with van der Waals surface area (Å²) in [5.74, 6) is 1.21. The van der Waals surface area contributed by atoms with Crippen molar-refractivity contribution in [3.05, 3.63) is 41.2 Å². The van der Waals surface area contributed by atoms with Gasteiger partial charge in [0, 0.05) is 31.6 Å². The zero-order valence-electron chi connectivity index (χ0n) is 17.7. The summed E-state index contributed by atoms with van der Waals surface area (Å²) in [6.07, 6.45) is -0.208. The average Bonchev–Trinajstić information content (AvgIpc) is 3.25. The van der Waals surface area contributed by atoms with E-state index in [2.05, 4.69) is 4.90 Å². The number of aliphatic imine (C=N–C) groups is 1. The van der Waals surface area contributed by atoms with Crippen molar-refractivity contribution >= 4 is 17.9 Å². The minimum absolute atomic E-state index is 0.0754. The van der Waals surface area contributed by atoms with Crippen molar-refractivity contribution in [3.63, 3.8) is 0 Å². The minimum Gasteiger partial charge on any atom is -0.497 e. The first-order valence-corrected chi connectivity index (χ1v) is 10.0. The number of likely N-dealkylation sites (N-methyl/N-ethyl adjacent to an activating group) is 1. The SMILES string of the molecule is COc1ccc(CN2C3=NC4C(C(=O)N(CCCO)C(=O)N4C)N3C(C)=C2C)cc1. The quantitative estimate of drug-likeness (QED) is 0.759. The van der Waals surface area contributed by atoms with Crippen molar-refractivity contribution in [3.8, 4) is 5.75 Å². The van der Waals surface area contributed by atoms with Crippen molar-refractivity contribution in [2.24, 2.45) is 4.99 Å². The van der Waals surface area contributed by atoms with E-state index in [0.717, 1.165) is 22.7 Å². The topological polar surface area (TPSA) is 88.9 Å². The number of carbonyl (C=O) groups is 2. The van der Waals surface area contributed by atoms with Gasteiger partial charge in [-0.3, -0.25) is 14.6 Å². The van der Waals surface area contributed by atoms with Gasteiger partial charge in [-0.25, -0.2) is 9.79 Å². The molecule has 0 aromatic heterocycles. The van der Waals surface area contributed by atoms with E-state index in [-0.39, 0.29) is 25.1 Å². The predicted octanol–water partition coefficient (Wildman–Crippen LogP) is 1.40. The zero-order valence-corrected chi connectivity index (χ0v) is 17.7. The summed E-state index contributed by atoms with van der Waals surface area (Å²) in [6.45, 7) is 4.71. The van der Waals surface area contributed by atoms with Crippen LogP contribution in [0, 0.1) is 0 Å². The molecule has 4 rings (SSSR count). The molecule has 0 bridgehead atoms. The van der Waals surface area contributed by atoms with Crippen LogP contribution < -0.4 is 4.74 Å². The molecule has 30 heavy (non-hydrogen) atoms. The largest absolute Gasteiger partial charge is 0.497 e. The van der Waals surface area contributed by atoms with Crippen LogP contribution in [0.4, 0.5) is 4.79 Å².